The van der Waals surface area contributed by atoms with Crippen LogP contribution in [0.3, 0.4) is 0 Å². The Kier molecular flexibility index (Phi) is 7.47. The molecule has 2 N–H and O–H groups in total. The Labute approximate surface area is 193 Å². The number of nitrogens with one attached hydrogen (secondary N) is 1. The first kappa shape index (κ1) is 23.1. The van der Waals surface area contributed by atoms with Crippen LogP contribution in [0.2, 0.25) is 0 Å². The standard InChI is InChI=1S/C25H30N2O6/c1-2-31-25(30)27-12-9-19(10-13-27)24-32-16-21-15-20(7-8-22(21)33-24)17-3-5-18(6-4-17)23(29)26-11-14-28/h3-8,15,19,24,28H,2,9-14,16H2,1H3,(H,26,29). The van der Waals surface area contributed by atoms with Crippen molar-refractivity contribution >= 4 is 12.0 Å². The highest BCUT2D eigenvalue weighted by Crippen LogP contribution is 2.35. The number of rotatable bonds is 6. The van der Waals surface area contributed by atoms with Gasteiger partial charge in [-0.3, -0.25) is 4.79 Å². The summed E-state index contributed by atoms with van der Waals surface area (Å²) in [6.45, 7) is 4.10. The van der Waals surface area contributed by atoms with Gasteiger partial charge in [-0.25, -0.2) is 4.79 Å². The molecular weight excluding hydrogens is 424 g/mol. The van der Waals surface area contributed by atoms with Crippen LogP contribution in [-0.2, 0) is 16.1 Å². The largest absolute Gasteiger partial charge is 0.464 e. The summed E-state index contributed by atoms with van der Waals surface area (Å²) in [6, 6.07) is 13.4. The van der Waals surface area contributed by atoms with Crippen molar-refractivity contribution in [3.63, 3.8) is 0 Å². The fourth-order valence-electron chi connectivity index (χ4n) is 4.20. The normalized spacial score (nSPS) is 18.2. The predicted octanol–water partition coefficient (Wildman–Crippen LogP) is 3.18. The molecular formula is C25H30N2O6. The number of ether oxygens (including phenoxy) is 3. The van der Waals surface area contributed by atoms with Crippen LogP contribution >= 0.6 is 0 Å². The fraction of sp³-hybridized carbons (Fsp3) is 0.440. The second-order valence-corrected chi connectivity index (χ2v) is 8.20. The lowest BCUT2D eigenvalue weighted by molar-refractivity contribution is -0.148. The number of aliphatic hydroxyl groups is 1. The monoisotopic (exact) mass is 454 g/mol. The molecule has 0 aromatic heterocycles. The minimum atomic E-state index is -0.315. The second-order valence-electron chi connectivity index (χ2n) is 8.20. The van der Waals surface area contributed by atoms with E-state index in [1.165, 1.54) is 0 Å². The van der Waals surface area contributed by atoms with E-state index in [1.807, 2.05) is 31.2 Å². The maximum Gasteiger partial charge on any atom is 0.409 e. The summed E-state index contributed by atoms with van der Waals surface area (Å²) in [4.78, 5) is 25.6. The molecule has 2 heterocycles. The highest BCUT2D eigenvalue weighted by atomic mass is 16.7. The summed E-state index contributed by atoms with van der Waals surface area (Å²) in [6.07, 6.45) is 1.06. The van der Waals surface area contributed by atoms with E-state index in [4.69, 9.17) is 19.3 Å². The number of fused-ring (bicyclic) bond motifs is 1. The lowest BCUT2D eigenvalue weighted by Crippen LogP contribution is -2.44. The highest BCUT2D eigenvalue weighted by Gasteiger charge is 2.33. The van der Waals surface area contributed by atoms with Crippen molar-refractivity contribution in [2.45, 2.75) is 32.7 Å². The molecule has 33 heavy (non-hydrogen) atoms. The maximum atomic E-state index is 12.0. The Morgan fingerprint density at radius 3 is 2.55 bits per heavy atom. The third-order valence-electron chi connectivity index (χ3n) is 6.04. The number of piperidine rings is 1. The SMILES string of the molecule is CCOC(=O)N1CCC(C2OCc3cc(-c4ccc(C(=O)NCCO)cc4)ccc3O2)CC1. The fourth-order valence-corrected chi connectivity index (χ4v) is 4.20. The van der Waals surface area contributed by atoms with Crippen LogP contribution in [0.5, 0.6) is 5.75 Å². The van der Waals surface area contributed by atoms with Crippen LogP contribution in [0.1, 0.15) is 35.7 Å². The molecule has 1 saturated heterocycles. The summed E-state index contributed by atoms with van der Waals surface area (Å²) < 4.78 is 17.3. The molecule has 8 nitrogen and oxygen atoms in total. The van der Waals surface area contributed by atoms with Crippen LogP contribution in [0.15, 0.2) is 42.5 Å². The number of carbonyl (C=O) groups excluding carboxylic acids is 2. The molecule has 176 valence electrons. The van der Waals surface area contributed by atoms with Crippen molar-refractivity contribution < 1.29 is 28.9 Å². The van der Waals surface area contributed by atoms with Crippen LogP contribution in [0, 0.1) is 5.92 Å². The van der Waals surface area contributed by atoms with Gasteiger partial charge in [-0.2, -0.15) is 0 Å². The first-order valence-electron chi connectivity index (χ1n) is 11.4. The molecule has 1 atom stereocenters. The van der Waals surface area contributed by atoms with Gasteiger partial charge >= 0.3 is 6.09 Å². The molecule has 1 unspecified atom stereocenters. The summed E-state index contributed by atoms with van der Waals surface area (Å²) in [7, 11) is 0. The molecule has 2 aliphatic heterocycles. The molecule has 2 aromatic rings. The van der Waals surface area contributed by atoms with Crippen molar-refractivity contribution in [3.8, 4) is 16.9 Å². The van der Waals surface area contributed by atoms with Crippen molar-refractivity contribution in [1.29, 1.82) is 0 Å². The number of aliphatic hydroxyl groups excluding tert-OH is 1. The summed E-state index contributed by atoms with van der Waals surface area (Å²) >= 11 is 0. The van der Waals surface area contributed by atoms with Crippen molar-refractivity contribution in [1.82, 2.24) is 10.2 Å². The van der Waals surface area contributed by atoms with Gasteiger partial charge in [0.15, 0.2) is 0 Å². The quantitative estimate of drug-likeness (QED) is 0.696. The van der Waals surface area contributed by atoms with E-state index in [0.717, 1.165) is 35.3 Å². The molecule has 2 aliphatic rings. The summed E-state index contributed by atoms with van der Waals surface area (Å²) in [5.74, 6) is 0.845. The predicted molar refractivity (Wildman–Crippen MR) is 122 cm³/mol. The average Bonchev–Trinajstić information content (AvgIpc) is 2.87. The van der Waals surface area contributed by atoms with Gasteiger partial charge in [-0.05, 0) is 55.2 Å². The molecule has 0 saturated carbocycles. The van der Waals surface area contributed by atoms with E-state index in [9.17, 15) is 9.59 Å². The first-order chi connectivity index (χ1) is 16.1. The number of hydrogen-bond acceptors (Lipinski definition) is 6. The van der Waals surface area contributed by atoms with E-state index >= 15 is 0 Å². The highest BCUT2D eigenvalue weighted by molar-refractivity contribution is 5.94. The Bertz CT molecular complexity index is 969. The van der Waals surface area contributed by atoms with E-state index < -0.39 is 0 Å². The smallest absolute Gasteiger partial charge is 0.409 e. The lowest BCUT2D eigenvalue weighted by Gasteiger charge is -2.37. The molecule has 0 spiro atoms. The molecule has 0 aliphatic carbocycles. The van der Waals surface area contributed by atoms with E-state index in [1.54, 1.807) is 17.0 Å². The molecule has 0 bridgehead atoms. The number of hydrogen-bond donors (Lipinski definition) is 2. The van der Waals surface area contributed by atoms with Gasteiger partial charge in [0.2, 0.25) is 6.29 Å². The van der Waals surface area contributed by atoms with Gasteiger partial charge in [-0.15, -0.1) is 0 Å². The van der Waals surface area contributed by atoms with Crippen LogP contribution in [0.4, 0.5) is 4.79 Å². The third kappa shape index (κ3) is 5.46. The molecule has 2 aromatic carbocycles. The number of benzene rings is 2. The number of nitrogens with zero attached hydrogens (tertiary/aromatic N) is 1. The van der Waals surface area contributed by atoms with Crippen molar-refractivity contribution in [2.75, 3.05) is 32.8 Å². The van der Waals surface area contributed by atoms with Gasteiger partial charge in [0.1, 0.15) is 5.75 Å². The average molecular weight is 455 g/mol. The number of likely N-dealkylation sites (tertiary alicyclic amines) is 1. The third-order valence-corrected chi connectivity index (χ3v) is 6.04. The molecule has 2 amide bonds. The second kappa shape index (κ2) is 10.7. The molecule has 1 fully saturated rings. The van der Waals surface area contributed by atoms with Gasteiger partial charge in [-0.1, -0.05) is 18.2 Å². The minimum absolute atomic E-state index is 0.0866. The zero-order valence-electron chi connectivity index (χ0n) is 18.8. The van der Waals surface area contributed by atoms with Gasteiger partial charge in [0.05, 0.1) is 19.8 Å². The first-order valence-corrected chi connectivity index (χ1v) is 11.4. The molecule has 8 heteroatoms. The summed E-state index contributed by atoms with van der Waals surface area (Å²) in [5.41, 5.74) is 3.54. The molecule has 0 radical (unpaired) electrons. The number of amides is 2. The van der Waals surface area contributed by atoms with Crippen molar-refractivity contribution in [3.05, 3.63) is 53.6 Å². The zero-order valence-corrected chi connectivity index (χ0v) is 18.8. The Hall–Kier alpha value is -3.10. The van der Waals surface area contributed by atoms with E-state index in [0.29, 0.717) is 31.9 Å². The Morgan fingerprint density at radius 1 is 1.12 bits per heavy atom. The minimum Gasteiger partial charge on any atom is -0.464 e. The number of carbonyl (C=O) groups is 2. The zero-order chi connectivity index (χ0) is 23.2. The molecule has 4 rings (SSSR count). The van der Waals surface area contributed by atoms with E-state index in [-0.39, 0.29) is 37.4 Å². The van der Waals surface area contributed by atoms with Gasteiger partial charge in [0, 0.05) is 36.7 Å². The van der Waals surface area contributed by atoms with E-state index in [2.05, 4.69) is 11.4 Å². The van der Waals surface area contributed by atoms with Gasteiger partial charge in [0.25, 0.3) is 5.91 Å². The van der Waals surface area contributed by atoms with Crippen LogP contribution in [0.25, 0.3) is 11.1 Å². The van der Waals surface area contributed by atoms with Crippen molar-refractivity contribution in [2.24, 2.45) is 5.92 Å². The Balaban J connectivity index is 1.36. The maximum absolute atomic E-state index is 12.0. The summed E-state index contributed by atoms with van der Waals surface area (Å²) in [5, 5.41) is 11.5. The van der Waals surface area contributed by atoms with Gasteiger partial charge < -0.3 is 29.5 Å². The topological polar surface area (TPSA) is 97.3 Å². The van der Waals surface area contributed by atoms with Crippen LogP contribution in [-0.4, -0.2) is 61.1 Å². The Morgan fingerprint density at radius 2 is 1.85 bits per heavy atom. The van der Waals surface area contributed by atoms with Crippen LogP contribution < -0.4 is 10.1 Å². The lowest BCUT2D eigenvalue weighted by atomic mass is 9.95.